The minimum absolute atomic E-state index is 0.0438. The second-order valence-corrected chi connectivity index (χ2v) is 7.65. The van der Waals surface area contributed by atoms with Crippen LogP contribution in [-0.4, -0.2) is 36.1 Å². The van der Waals surface area contributed by atoms with E-state index in [9.17, 15) is 4.79 Å². The summed E-state index contributed by atoms with van der Waals surface area (Å²) in [5.74, 6) is 1.68. The van der Waals surface area contributed by atoms with Crippen LogP contribution in [0, 0.1) is 13.8 Å². The summed E-state index contributed by atoms with van der Waals surface area (Å²) in [6.45, 7) is 4.97. The first-order valence-corrected chi connectivity index (χ1v) is 9.76. The average Bonchev–Trinajstić information content (AvgIpc) is 3.30. The van der Waals surface area contributed by atoms with Crippen LogP contribution in [0.15, 0.2) is 24.3 Å². The number of methoxy groups -OCH3 is 2. The highest BCUT2D eigenvalue weighted by atomic mass is 16.5. The van der Waals surface area contributed by atoms with Gasteiger partial charge in [-0.1, -0.05) is 0 Å². The van der Waals surface area contributed by atoms with Crippen LogP contribution in [0.1, 0.15) is 65.1 Å². The molecule has 4 rings (SSSR count). The fourth-order valence-corrected chi connectivity index (χ4v) is 4.47. The Balaban J connectivity index is 1.66. The fourth-order valence-electron chi connectivity index (χ4n) is 4.47. The predicted octanol–water partition coefficient (Wildman–Crippen LogP) is 4.43. The zero-order chi connectivity index (χ0) is 19.1. The van der Waals surface area contributed by atoms with Gasteiger partial charge in [0.1, 0.15) is 11.5 Å². The highest BCUT2D eigenvalue weighted by Crippen LogP contribution is 2.41. The highest BCUT2D eigenvalue weighted by molar-refractivity contribution is 5.96. The molecule has 2 fully saturated rings. The summed E-state index contributed by atoms with van der Waals surface area (Å²) in [6.07, 6.45) is 4.40. The standard InChI is InChI=1S/C22H28N2O3/c1-14-12-19(15(2)24(14)16-7-8-16)22(25)23-11-5-6-20(23)18-10-9-17(26-3)13-21(18)27-4/h9-10,12-13,16,20H,5-8,11H2,1-4H3/t20-/m1/s1. The largest absolute Gasteiger partial charge is 0.497 e. The Labute approximate surface area is 160 Å². The van der Waals surface area contributed by atoms with E-state index in [0.29, 0.717) is 6.04 Å². The number of amides is 1. The van der Waals surface area contributed by atoms with Crippen LogP contribution < -0.4 is 9.47 Å². The Hall–Kier alpha value is -2.43. The van der Waals surface area contributed by atoms with Gasteiger partial charge in [0.25, 0.3) is 5.91 Å². The van der Waals surface area contributed by atoms with Crippen molar-refractivity contribution in [1.29, 1.82) is 0 Å². The maximum absolute atomic E-state index is 13.4. The molecular weight excluding hydrogens is 340 g/mol. The van der Waals surface area contributed by atoms with Crippen molar-refractivity contribution in [3.05, 3.63) is 46.8 Å². The van der Waals surface area contributed by atoms with E-state index in [4.69, 9.17) is 9.47 Å². The SMILES string of the molecule is COc1ccc([C@H]2CCCN2C(=O)c2cc(C)n(C3CC3)c2C)c(OC)c1. The molecule has 2 aromatic rings. The molecule has 0 radical (unpaired) electrons. The third-order valence-corrected chi connectivity index (χ3v) is 5.94. The minimum atomic E-state index is 0.0438. The van der Waals surface area contributed by atoms with Crippen LogP contribution in [-0.2, 0) is 0 Å². The molecular formula is C22H28N2O3. The summed E-state index contributed by atoms with van der Waals surface area (Å²) in [7, 11) is 3.32. The van der Waals surface area contributed by atoms with Crippen LogP contribution in [0.2, 0.25) is 0 Å². The Morgan fingerprint density at radius 2 is 1.85 bits per heavy atom. The van der Waals surface area contributed by atoms with Crippen molar-refractivity contribution in [2.24, 2.45) is 0 Å². The molecule has 1 aliphatic carbocycles. The number of aromatic nitrogens is 1. The zero-order valence-corrected chi connectivity index (χ0v) is 16.6. The van der Waals surface area contributed by atoms with E-state index in [0.717, 1.165) is 47.7 Å². The van der Waals surface area contributed by atoms with Crippen LogP contribution in [0.25, 0.3) is 0 Å². The van der Waals surface area contributed by atoms with Gasteiger partial charge in [0, 0.05) is 35.6 Å². The van der Waals surface area contributed by atoms with Crippen molar-refractivity contribution in [2.75, 3.05) is 20.8 Å². The second-order valence-electron chi connectivity index (χ2n) is 7.65. The molecule has 0 bridgehead atoms. The third kappa shape index (κ3) is 3.09. The molecule has 1 saturated heterocycles. The lowest BCUT2D eigenvalue weighted by molar-refractivity contribution is 0.0733. The van der Waals surface area contributed by atoms with Gasteiger partial charge < -0.3 is 18.9 Å². The van der Waals surface area contributed by atoms with Crippen LogP contribution in [0.4, 0.5) is 0 Å². The topological polar surface area (TPSA) is 43.7 Å². The van der Waals surface area contributed by atoms with Crippen molar-refractivity contribution in [2.45, 2.75) is 51.6 Å². The number of nitrogens with zero attached hydrogens (tertiary/aromatic N) is 2. The number of benzene rings is 1. The van der Waals surface area contributed by atoms with E-state index in [1.807, 2.05) is 23.1 Å². The second kappa shape index (κ2) is 6.95. The van der Waals surface area contributed by atoms with Gasteiger partial charge >= 0.3 is 0 Å². The van der Waals surface area contributed by atoms with Gasteiger partial charge in [-0.3, -0.25) is 4.79 Å². The van der Waals surface area contributed by atoms with Gasteiger partial charge in [0.05, 0.1) is 25.8 Å². The summed E-state index contributed by atoms with van der Waals surface area (Å²) in [5, 5.41) is 0. The van der Waals surface area contributed by atoms with Crippen LogP contribution in [0.5, 0.6) is 11.5 Å². The lowest BCUT2D eigenvalue weighted by Crippen LogP contribution is -2.31. The minimum Gasteiger partial charge on any atom is -0.497 e. The van der Waals surface area contributed by atoms with E-state index >= 15 is 0 Å². The summed E-state index contributed by atoms with van der Waals surface area (Å²) in [5.41, 5.74) is 4.20. The Kier molecular flexibility index (Phi) is 4.62. The van der Waals surface area contributed by atoms with E-state index in [1.165, 1.54) is 18.5 Å². The smallest absolute Gasteiger partial charge is 0.256 e. The Morgan fingerprint density at radius 1 is 1.07 bits per heavy atom. The molecule has 2 heterocycles. The van der Waals surface area contributed by atoms with Crippen LogP contribution >= 0.6 is 0 Å². The first kappa shape index (κ1) is 18.0. The van der Waals surface area contributed by atoms with Gasteiger partial charge in [-0.2, -0.15) is 0 Å². The van der Waals surface area contributed by atoms with E-state index in [-0.39, 0.29) is 11.9 Å². The Bertz CT molecular complexity index is 867. The number of hydrogen-bond acceptors (Lipinski definition) is 3. The Morgan fingerprint density at radius 3 is 2.52 bits per heavy atom. The van der Waals surface area contributed by atoms with Gasteiger partial charge in [0.2, 0.25) is 0 Å². The van der Waals surface area contributed by atoms with Crippen molar-refractivity contribution >= 4 is 5.91 Å². The summed E-state index contributed by atoms with van der Waals surface area (Å²) < 4.78 is 13.3. The van der Waals surface area contributed by atoms with Crippen molar-refractivity contribution < 1.29 is 14.3 Å². The fraction of sp³-hybridized carbons (Fsp3) is 0.500. The van der Waals surface area contributed by atoms with Gasteiger partial charge in [-0.05, 0) is 57.7 Å². The molecule has 5 nitrogen and oxygen atoms in total. The molecule has 1 atom stereocenters. The van der Waals surface area contributed by atoms with Crippen LogP contribution in [0.3, 0.4) is 0 Å². The number of aryl methyl sites for hydroxylation is 1. The lowest BCUT2D eigenvalue weighted by atomic mass is 10.0. The molecule has 144 valence electrons. The molecule has 5 heteroatoms. The number of hydrogen-bond donors (Lipinski definition) is 0. The molecule has 27 heavy (non-hydrogen) atoms. The van der Waals surface area contributed by atoms with Crippen molar-refractivity contribution in [3.8, 4) is 11.5 Å². The highest BCUT2D eigenvalue weighted by Gasteiger charge is 2.35. The molecule has 1 aromatic carbocycles. The molecule has 1 amide bonds. The normalized spacial score (nSPS) is 19.4. The molecule has 1 aliphatic heterocycles. The number of carbonyl (C=O) groups is 1. The average molecular weight is 368 g/mol. The van der Waals surface area contributed by atoms with Crippen molar-refractivity contribution in [1.82, 2.24) is 9.47 Å². The number of carbonyl (C=O) groups excluding carboxylic acids is 1. The quantitative estimate of drug-likeness (QED) is 0.784. The monoisotopic (exact) mass is 368 g/mol. The third-order valence-electron chi connectivity index (χ3n) is 5.94. The first-order chi connectivity index (χ1) is 13.0. The predicted molar refractivity (Wildman–Crippen MR) is 105 cm³/mol. The van der Waals surface area contributed by atoms with Crippen molar-refractivity contribution in [3.63, 3.8) is 0 Å². The maximum atomic E-state index is 13.4. The first-order valence-electron chi connectivity index (χ1n) is 9.76. The summed E-state index contributed by atoms with van der Waals surface area (Å²) in [4.78, 5) is 15.4. The van der Waals surface area contributed by atoms with Gasteiger partial charge in [-0.15, -0.1) is 0 Å². The number of rotatable bonds is 5. The number of ether oxygens (including phenoxy) is 2. The molecule has 1 aromatic heterocycles. The lowest BCUT2D eigenvalue weighted by Gasteiger charge is -2.26. The molecule has 0 unspecified atom stereocenters. The molecule has 0 spiro atoms. The maximum Gasteiger partial charge on any atom is 0.256 e. The molecule has 2 aliphatic rings. The van der Waals surface area contributed by atoms with E-state index < -0.39 is 0 Å². The number of likely N-dealkylation sites (tertiary alicyclic amines) is 1. The van der Waals surface area contributed by atoms with E-state index in [1.54, 1.807) is 14.2 Å². The summed E-state index contributed by atoms with van der Waals surface area (Å²) >= 11 is 0. The van der Waals surface area contributed by atoms with E-state index in [2.05, 4.69) is 24.5 Å². The molecule has 0 N–H and O–H groups in total. The van der Waals surface area contributed by atoms with Gasteiger partial charge in [0.15, 0.2) is 0 Å². The molecule has 1 saturated carbocycles. The summed E-state index contributed by atoms with van der Waals surface area (Å²) in [6, 6.07) is 8.57. The van der Waals surface area contributed by atoms with Gasteiger partial charge in [-0.25, -0.2) is 0 Å². The zero-order valence-electron chi connectivity index (χ0n) is 16.6.